The first-order chi connectivity index (χ1) is 4.79. The predicted octanol–water partition coefficient (Wildman–Crippen LogP) is 0.410. The second-order valence-electron chi connectivity index (χ2n) is 3.70. The highest BCUT2D eigenvalue weighted by atomic mass is 16.1. The van der Waals surface area contributed by atoms with E-state index in [0.717, 1.165) is 12.8 Å². The summed E-state index contributed by atoms with van der Waals surface area (Å²) in [6.07, 6.45) is 1.79. The molecule has 52 valence electrons. The Morgan fingerprint density at radius 2 is 1.10 bits per heavy atom. The molecule has 0 radical (unpaired) electrons. The van der Waals surface area contributed by atoms with Crippen LogP contribution in [-0.2, 0) is 9.59 Å². The van der Waals surface area contributed by atoms with Gasteiger partial charge >= 0.3 is 0 Å². The molecule has 0 aliphatic heterocycles. The van der Waals surface area contributed by atoms with Crippen LogP contribution in [0.15, 0.2) is 0 Å². The molecule has 4 fully saturated rings. The van der Waals surface area contributed by atoms with Crippen LogP contribution in [0.25, 0.3) is 0 Å². The van der Waals surface area contributed by atoms with Gasteiger partial charge in [0.05, 0.1) is 0 Å². The van der Waals surface area contributed by atoms with Gasteiger partial charge in [-0.1, -0.05) is 0 Å². The summed E-state index contributed by atoms with van der Waals surface area (Å²) in [5.74, 6) is 1.47. The van der Waals surface area contributed by atoms with Crippen molar-refractivity contribution < 1.29 is 9.59 Å². The van der Waals surface area contributed by atoms with Gasteiger partial charge in [0.1, 0.15) is 11.6 Å². The molecule has 0 spiro atoms. The summed E-state index contributed by atoms with van der Waals surface area (Å²) >= 11 is 0. The Morgan fingerprint density at radius 1 is 0.800 bits per heavy atom. The van der Waals surface area contributed by atoms with Gasteiger partial charge in [-0.25, -0.2) is 0 Å². The van der Waals surface area contributed by atoms with Gasteiger partial charge in [0.25, 0.3) is 0 Å². The van der Waals surface area contributed by atoms with Gasteiger partial charge < -0.3 is 0 Å². The standard InChI is InChI=1S/C8H8O2/c9-7-3-1-4-6(7)2-5(3)8(4)10/h3-6H,1-2H2/t3-,4-,5-,6-/m0/s1. The monoisotopic (exact) mass is 136 g/mol. The van der Waals surface area contributed by atoms with Crippen molar-refractivity contribution in [3.8, 4) is 0 Å². The van der Waals surface area contributed by atoms with Crippen molar-refractivity contribution in [3.05, 3.63) is 0 Å². The SMILES string of the molecule is O=C1[C@H]2C[C@@H]3C(=O)[C@H]2C[C@H]13. The molecule has 0 aromatic heterocycles. The Kier molecular flexibility index (Phi) is 0.607. The predicted molar refractivity (Wildman–Crippen MR) is 33.2 cm³/mol. The topological polar surface area (TPSA) is 34.1 Å². The van der Waals surface area contributed by atoms with Crippen LogP contribution in [0.5, 0.6) is 0 Å². The maximum atomic E-state index is 11.2. The van der Waals surface area contributed by atoms with Gasteiger partial charge in [-0.2, -0.15) is 0 Å². The molecule has 2 nitrogen and oxygen atoms in total. The zero-order valence-corrected chi connectivity index (χ0v) is 5.54. The van der Waals surface area contributed by atoms with E-state index >= 15 is 0 Å². The van der Waals surface area contributed by atoms with E-state index in [4.69, 9.17) is 0 Å². The van der Waals surface area contributed by atoms with Crippen molar-refractivity contribution in [2.75, 3.05) is 0 Å². The molecule has 2 heteroatoms. The normalized spacial score (nSPS) is 55.6. The van der Waals surface area contributed by atoms with Crippen molar-refractivity contribution in [1.82, 2.24) is 0 Å². The first-order valence-electron chi connectivity index (χ1n) is 3.86. The van der Waals surface area contributed by atoms with E-state index in [1.165, 1.54) is 0 Å². The quantitative estimate of drug-likeness (QED) is 0.483. The largest absolute Gasteiger partial charge is 0.299 e. The second-order valence-corrected chi connectivity index (χ2v) is 3.70. The van der Waals surface area contributed by atoms with Crippen LogP contribution in [0.2, 0.25) is 0 Å². The fourth-order valence-corrected chi connectivity index (χ4v) is 3.01. The molecular formula is C8H8O2. The Morgan fingerprint density at radius 3 is 1.30 bits per heavy atom. The van der Waals surface area contributed by atoms with Gasteiger partial charge in [-0.3, -0.25) is 9.59 Å². The van der Waals surface area contributed by atoms with Crippen molar-refractivity contribution in [2.24, 2.45) is 23.7 Å². The molecule has 0 unspecified atom stereocenters. The van der Waals surface area contributed by atoms with Gasteiger partial charge in [-0.15, -0.1) is 0 Å². The highest BCUT2D eigenvalue weighted by Gasteiger charge is 2.64. The lowest BCUT2D eigenvalue weighted by molar-refractivity contribution is -0.130. The summed E-state index contributed by atoms with van der Waals surface area (Å²) in [4.78, 5) is 22.4. The van der Waals surface area contributed by atoms with E-state index in [1.54, 1.807) is 0 Å². The molecule has 0 saturated heterocycles. The second kappa shape index (κ2) is 1.20. The molecule has 10 heavy (non-hydrogen) atoms. The van der Waals surface area contributed by atoms with Crippen LogP contribution >= 0.6 is 0 Å². The average Bonchev–Trinajstić information content (AvgIpc) is 2.55. The summed E-state index contributed by atoms with van der Waals surface area (Å²) < 4.78 is 0. The van der Waals surface area contributed by atoms with Gasteiger partial charge in [0, 0.05) is 23.7 Å². The Bertz CT molecular complexity index is 198. The number of Topliss-reactive ketones (excluding diaryl/α,β-unsaturated/α-hetero) is 2. The lowest BCUT2D eigenvalue weighted by Crippen LogP contribution is -2.19. The fourth-order valence-electron chi connectivity index (χ4n) is 3.01. The number of hydrogen-bond donors (Lipinski definition) is 0. The summed E-state index contributed by atoms with van der Waals surface area (Å²) in [5.41, 5.74) is 0. The fraction of sp³-hybridized carbons (Fsp3) is 0.750. The molecule has 4 rings (SSSR count). The van der Waals surface area contributed by atoms with E-state index in [9.17, 15) is 9.59 Å². The molecule has 4 aliphatic carbocycles. The van der Waals surface area contributed by atoms with Crippen molar-refractivity contribution >= 4 is 11.6 Å². The molecular weight excluding hydrogens is 128 g/mol. The van der Waals surface area contributed by atoms with E-state index in [0.29, 0.717) is 11.6 Å². The van der Waals surface area contributed by atoms with Gasteiger partial charge in [-0.05, 0) is 12.8 Å². The van der Waals surface area contributed by atoms with E-state index in [-0.39, 0.29) is 23.7 Å². The number of carbonyl (C=O) groups is 2. The average molecular weight is 136 g/mol. The molecule has 4 saturated carbocycles. The molecule has 0 heterocycles. The maximum absolute atomic E-state index is 11.2. The minimum atomic E-state index is 0.169. The van der Waals surface area contributed by atoms with Crippen LogP contribution < -0.4 is 0 Å². The van der Waals surface area contributed by atoms with Crippen LogP contribution in [-0.4, -0.2) is 11.6 Å². The minimum absolute atomic E-state index is 0.169. The van der Waals surface area contributed by atoms with Crippen LogP contribution in [0.3, 0.4) is 0 Å². The smallest absolute Gasteiger partial charge is 0.140 e. The van der Waals surface area contributed by atoms with E-state index in [2.05, 4.69) is 0 Å². The number of ketones is 2. The van der Waals surface area contributed by atoms with Gasteiger partial charge in [0.2, 0.25) is 0 Å². The zero-order chi connectivity index (χ0) is 6.88. The number of hydrogen-bond acceptors (Lipinski definition) is 2. The lowest BCUT2D eigenvalue weighted by Gasteiger charge is -2.03. The third-order valence-corrected chi connectivity index (χ3v) is 3.45. The molecule has 4 aliphatic rings. The molecule has 0 aromatic carbocycles. The highest BCUT2D eigenvalue weighted by Crippen LogP contribution is 2.58. The number of rotatable bonds is 0. The number of carbonyl (C=O) groups excluding carboxylic acids is 2. The Balaban J connectivity index is 2.20. The summed E-state index contributed by atoms with van der Waals surface area (Å²) in [5, 5.41) is 0. The van der Waals surface area contributed by atoms with Crippen molar-refractivity contribution in [2.45, 2.75) is 12.8 Å². The molecule has 0 aromatic rings. The van der Waals surface area contributed by atoms with Crippen LogP contribution in [0, 0.1) is 23.7 Å². The summed E-state index contributed by atoms with van der Waals surface area (Å²) in [7, 11) is 0. The maximum Gasteiger partial charge on any atom is 0.140 e. The third kappa shape index (κ3) is 0.300. The molecule has 0 N–H and O–H groups in total. The van der Waals surface area contributed by atoms with Crippen LogP contribution in [0.4, 0.5) is 0 Å². The molecule has 4 atom stereocenters. The molecule has 4 bridgehead atoms. The van der Waals surface area contributed by atoms with Gasteiger partial charge in [0.15, 0.2) is 0 Å². The zero-order valence-electron chi connectivity index (χ0n) is 5.54. The highest BCUT2D eigenvalue weighted by molar-refractivity contribution is 6.06. The van der Waals surface area contributed by atoms with Crippen LogP contribution in [0.1, 0.15) is 12.8 Å². The summed E-state index contributed by atoms with van der Waals surface area (Å²) in [6, 6.07) is 0. The third-order valence-electron chi connectivity index (χ3n) is 3.45. The van der Waals surface area contributed by atoms with E-state index < -0.39 is 0 Å². The lowest BCUT2D eigenvalue weighted by atomic mass is 9.98. The Labute approximate surface area is 58.6 Å². The first-order valence-corrected chi connectivity index (χ1v) is 3.86. The van der Waals surface area contributed by atoms with Crippen molar-refractivity contribution in [3.63, 3.8) is 0 Å². The Hall–Kier alpha value is -0.660. The summed E-state index contributed by atoms with van der Waals surface area (Å²) in [6.45, 7) is 0. The molecule has 0 amide bonds. The van der Waals surface area contributed by atoms with Crippen molar-refractivity contribution in [1.29, 1.82) is 0 Å². The minimum Gasteiger partial charge on any atom is -0.299 e. The van der Waals surface area contributed by atoms with E-state index in [1.807, 2.05) is 0 Å². The first kappa shape index (κ1) is 5.05.